The minimum atomic E-state index is -3.66. The number of halogens is 1. The number of aromatic nitrogens is 1. The lowest BCUT2D eigenvalue weighted by molar-refractivity contribution is 0.601. The van der Waals surface area contributed by atoms with Gasteiger partial charge in [0.1, 0.15) is 0 Å². The van der Waals surface area contributed by atoms with E-state index in [0.29, 0.717) is 10.7 Å². The van der Waals surface area contributed by atoms with E-state index in [-0.39, 0.29) is 4.90 Å². The molecule has 3 aromatic rings. The molecule has 4 nitrogen and oxygen atoms in total. The van der Waals surface area contributed by atoms with Crippen LogP contribution in [0.3, 0.4) is 0 Å². The van der Waals surface area contributed by atoms with E-state index in [2.05, 4.69) is 9.71 Å². The molecule has 2 aromatic carbocycles. The van der Waals surface area contributed by atoms with Gasteiger partial charge in [0.25, 0.3) is 10.0 Å². The molecule has 0 fully saturated rings. The van der Waals surface area contributed by atoms with E-state index in [9.17, 15) is 8.42 Å². The first-order valence-electron chi connectivity index (χ1n) is 8.36. The van der Waals surface area contributed by atoms with Crippen LogP contribution in [0.4, 0.5) is 5.69 Å². The quantitative estimate of drug-likeness (QED) is 0.691. The van der Waals surface area contributed by atoms with Crippen LogP contribution in [0.1, 0.15) is 29.7 Å². The molecule has 1 aliphatic rings. The number of sulfonamides is 1. The van der Waals surface area contributed by atoms with Crippen molar-refractivity contribution < 1.29 is 8.42 Å². The number of nitrogens with one attached hydrogen (secondary N) is 2. The Morgan fingerprint density at radius 3 is 2.68 bits per heavy atom. The fourth-order valence-electron chi connectivity index (χ4n) is 3.42. The highest BCUT2D eigenvalue weighted by molar-refractivity contribution is 7.92. The number of fused-ring (bicyclic) bond motifs is 3. The second kappa shape index (κ2) is 6.07. The Kier molecular flexibility index (Phi) is 4.01. The van der Waals surface area contributed by atoms with Crippen molar-refractivity contribution in [3.63, 3.8) is 0 Å². The zero-order valence-corrected chi connectivity index (χ0v) is 15.5. The van der Waals surface area contributed by atoms with E-state index < -0.39 is 10.0 Å². The van der Waals surface area contributed by atoms with Gasteiger partial charge in [0.15, 0.2) is 0 Å². The molecule has 4 rings (SSSR count). The van der Waals surface area contributed by atoms with E-state index in [1.165, 1.54) is 17.7 Å². The number of H-pyrrole nitrogens is 1. The Balaban J connectivity index is 1.73. The summed E-state index contributed by atoms with van der Waals surface area (Å²) in [7, 11) is -3.66. The molecule has 0 saturated carbocycles. The maximum atomic E-state index is 12.8. The van der Waals surface area contributed by atoms with Gasteiger partial charge in [0, 0.05) is 21.6 Å². The predicted octanol–water partition coefficient (Wildman–Crippen LogP) is 4.81. The van der Waals surface area contributed by atoms with Crippen LogP contribution < -0.4 is 4.72 Å². The Morgan fingerprint density at radius 2 is 1.88 bits per heavy atom. The summed E-state index contributed by atoms with van der Waals surface area (Å²) < 4.78 is 28.2. The van der Waals surface area contributed by atoms with Crippen molar-refractivity contribution >= 4 is 38.2 Å². The zero-order chi connectivity index (χ0) is 17.6. The fourth-order valence-corrected chi connectivity index (χ4v) is 4.68. The van der Waals surface area contributed by atoms with Crippen LogP contribution in [0.25, 0.3) is 10.9 Å². The Morgan fingerprint density at radius 1 is 1.08 bits per heavy atom. The molecular weight excluding hydrogens is 356 g/mol. The average molecular weight is 375 g/mol. The topological polar surface area (TPSA) is 62.0 Å². The number of hydrogen-bond donors (Lipinski definition) is 2. The van der Waals surface area contributed by atoms with Crippen molar-refractivity contribution in [2.45, 2.75) is 37.5 Å². The lowest BCUT2D eigenvalue weighted by Gasteiger charge is -2.11. The molecule has 1 heterocycles. The normalized spacial score (nSPS) is 14.5. The molecule has 0 saturated heterocycles. The van der Waals surface area contributed by atoms with Crippen LogP contribution in [0.5, 0.6) is 0 Å². The smallest absolute Gasteiger partial charge is 0.261 e. The van der Waals surface area contributed by atoms with Gasteiger partial charge in [-0.05, 0) is 74.1 Å². The van der Waals surface area contributed by atoms with E-state index in [1.807, 2.05) is 13.0 Å². The second-order valence-electron chi connectivity index (χ2n) is 6.57. The van der Waals surface area contributed by atoms with Crippen LogP contribution >= 0.6 is 11.6 Å². The molecule has 130 valence electrons. The van der Waals surface area contributed by atoms with Crippen LogP contribution in [-0.4, -0.2) is 13.4 Å². The monoisotopic (exact) mass is 374 g/mol. The van der Waals surface area contributed by atoms with E-state index in [0.717, 1.165) is 35.7 Å². The van der Waals surface area contributed by atoms with Crippen molar-refractivity contribution in [1.29, 1.82) is 0 Å². The largest absolute Gasteiger partial charge is 0.358 e. The van der Waals surface area contributed by atoms with Gasteiger partial charge in [-0.25, -0.2) is 8.42 Å². The third-order valence-corrected chi connectivity index (χ3v) is 6.59. The van der Waals surface area contributed by atoms with Gasteiger partial charge in [-0.1, -0.05) is 17.7 Å². The first-order chi connectivity index (χ1) is 11.9. The number of aryl methyl sites for hydroxylation is 3. The Bertz CT molecular complexity index is 1070. The van der Waals surface area contributed by atoms with Crippen molar-refractivity contribution in [2.75, 3.05) is 4.72 Å². The van der Waals surface area contributed by atoms with Crippen LogP contribution in [-0.2, 0) is 22.9 Å². The molecule has 0 atom stereocenters. The van der Waals surface area contributed by atoms with Crippen molar-refractivity contribution in [1.82, 2.24) is 4.98 Å². The number of hydrogen-bond acceptors (Lipinski definition) is 2. The number of anilines is 1. The molecule has 0 unspecified atom stereocenters. The molecule has 0 aliphatic heterocycles. The molecule has 0 radical (unpaired) electrons. The van der Waals surface area contributed by atoms with Gasteiger partial charge in [-0.3, -0.25) is 4.72 Å². The van der Waals surface area contributed by atoms with Gasteiger partial charge in [0.05, 0.1) is 10.6 Å². The van der Waals surface area contributed by atoms with Gasteiger partial charge >= 0.3 is 0 Å². The SMILES string of the molecule is Cc1ccc(NS(=O)(=O)c2ccc3[nH]c4c(c3c2)CCCC4)cc1Cl. The summed E-state index contributed by atoms with van der Waals surface area (Å²) in [6, 6.07) is 10.4. The summed E-state index contributed by atoms with van der Waals surface area (Å²) in [6.07, 6.45) is 4.36. The molecule has 0 spiro atoms. The molecule has 2 N–H and O–H groups in total. The maximum Gasteiger partial charge on any atom is 0.261 e. The Hall–Kier alpha value is -1.98. The summed E-state index contributed by atoms with van der Waals surface area (Å²) in [4.78, 5) is 3.69. The number of rotatable bonds is 3. The van der Waals surface area contributed by atoms with Crippen LogP contribution in [0.15, 0.2) is 41.3 Å². The fraction of sp³-hybridized carbons (Fsp3) is 0.263. The third-order valence-electron chi connectivity index (χ3n) is 4.80. The van der Waals surface area contributed by atoms with Crippen molar-refractivity contribution in [3.05, 3.63) is 58.2 Å². The standard InChI is InChI=1S/C19H19ClN2O2S/c1-12-6-7-13(10-17(12)20)22-25(23,24)14-8-9-19-16(11-14)15-4-2-3-5-18(15)21-19/h6-11,21-22H,2-5H2,1H3. The summed E-state index contributed by atoms with van der Waals surface area (Å²) in [5, 5.41) is 1.55. The molecule has 1 aromatic heterocycles. The molecule has 25 heavy (non-hydrogen) atoms. The molecule has 6 heteroatoms. The second-order valence-corrected chi connectivity index (χ2v) is 8.66. The number of benzene rings is 2. The van der Waals surface area contributed by atoms with E-state index >= 15 is 0 Å². The molecule has 0 amide bonds. The number of aromatic amines is 1. The molecular formula is C19H19ClN2O2S. The maximum absolute atomic E-state index is 12.8. The highest BCUT2D eigenvalue weighted by Crippen LogP contribution is 2.31. The summed E-state index contributed by atoms with van der Waals surface area (Å²) >= 11 is 6.09. The van der Waals surface area contributed by atoms with Crippen molar-refractivity contribution in [2.24, 2.45) is 0 Å². The van der Waals surface area contributed by atoms with Crippen LogP contribution in [0, 0.1) is 6.92 Å². The zero-order valence-electron chi connectivity index (χ0n) is 13.9. The third kappa shape index (κ3) is 3.02. The minimum Gasteiger partial charge on any atom is -0.358 e. The van der Waals surface area contributed by atoms with Crippen molar-refractivity contribution in [3.8, 4) is 0 Å². The molecule has 0 bridgehead atoms. The Labute approximate surface area is 152 Å². The predicted molar refractivity (Wildman–Crippen MR) is 102 cm³/mol. The first kappa shape index (κ1) is 16.5. The van der Waals surface area contributed by atoms with Gasteiger partial charge in [-0.15, -0.1) is 0 Å². The summed E-state index contributed by atoms with van der Waals surface area (Å²) in [5.41, 5.74) is 4.88. The summed E-state index contributed by atoms with van der Waals surface area (Å²) in [5.74, 6) is 0. The highest BCUT2D eigenvalue weighted by atomic mass is 35.5. The minimum absolute atomic E-state index is 0.268. The average Bonchev–Trinajstić information content (AvgIpc) is 2.96. The first-order valence-corrected chi connectivity index (χ1v) is 10.2. The van der Waals surface area contributed by atoms with E-state index in [1.54, 1.807) is 30.3 Å². The summed E-state index contributed by atoms with van der Waals surface area (Å²) in [6.45, 7) is 1.88. The lowest BCUT2D eigenvalue weighted by atomic mass is 9.96. The van der Waals surface area contributed by atoms with Gasteiger partial charge in [0.2, 0.25) is 0 Å². The lowest BCUT2D eigenvalue weighted by Crippen LogP contribution is -2.13. The van der Waals surface area contributed by atoms with Gasteiger partial charge < -0.3 is 4.98 Å². The molecule has 1 aliphatic carbocycles. The van der Waals surface area contributed by atoms with Gasteiger partial charge in [-0.2, -0.15) is 0 Å². The highest BCUT2D eigenvalue weighted by Gasteiger charge is 2.19. The van der Waals surface area contributed by atoms with E-state index in [4.69, 9.17) is 11.6 Å². The van der Waals surface area contributed by atoms with Crippen LogP contribution in [0.2, 0.25) is 5.02 Å².